The smallest absolute Gasteiger partial charge is 0.0385 e. The van der Waals surface area contributed by atoms with Crippen LogP contribution in [-0.2, 0) is 0 Å². The summed E-state index contributed by atoms with van der Waals surface area (Å²) in [4.78, 5) is 7.00. The summed E-state index contributed by atoms with van der Waals surface area (Å²) in [7, 11) is 4.35. The summed E-state index contributed by atoms with van der Waals surface area (Å²) in [6.07, 6.45) is 7.63. The second kappa shape index (κ2) is 7.39. The van der Waals surface area contributed by atoms with Crippen molar-refractivity contribution in [2.24, 2.45) is 28.7 Å². The Morgan fingerprint density at radius 2 is 2.05 bits per heavy atom. The number of likely N-dealkylation sites (tertiary alicyclic amines) is 1. The van der Waals surface area contributed by atoms with E-state index in [9.17, 15) is 0 Å². The van der Waals surface area contributed by atoms with Crippen LogP contribution in [0.1, 0.15) is 32.6 Å². The second-order valence-corrected chi connectivity index (χ2v) is 6.58. The van der Waals surface area contributed by atoms with Crippen LogP contribution < -0.4 is 5.32 Å². The Labute approximate surface area is 118 Å². The van der Waals surface area contributed by atoms with Crippen molar-refractivity contribution >= 4 is 6.21 Å². The van der Waals surface area contributed by atoms with Gasteiger partial charge in [0.25, 0.3) is 0 Å². The lowest BCUT2D eigenvalue weighted by atomic mass is 9.71. The summed E-state index contributed by atoms with van der Waals surface area (Å²) in [6, 6.07) is 0. The first kappa shape index (κ1) is 15.0. The van der Waals surface area contributed by atoms with Crippen LogP contribution in [-0.4, -0.2) is 51.4 Å². The Bertz CT molecular complexity index is 282. The minimum Gasteiger partial charge on any atom is -0.319 e. The first-order chi connectivity index (χ1) is 9.22. The van der Waals surface area contributed by atoms with Crippen molar-refractivity contribution in [2.75, 3.05) is 40.3 Å². The number of hydrogen-bond acceptors (Lipinski definition) is 3. The summed E-state index contributed by atoms with van der Waals surface area (Å²) >= 11 is 0. The van der Waals surface area contributed by atoms with Crippen LogP contribution in [0, 0.1) is 23.7 Å². The molecule has 0 aromatic carbocycles. The van der Waals surface area contributed by atoms with Gasteiger partial charge in [-0.1, -0.05) is 6.92 Å². The molecule has 1 N–H and O–H groups in total. The maximum atomic E-state index is 4.53. The van der Waals surface area contributed by atoms with Crippen LogP contribution in [0.2, 0.25) is 0 Å². The monoisotopic (exact) mass is 265 g/mol. The first-order valence-corrected chi connectivity index (χ1v) is 8.05. The zero-order valence-electron chi connectivity index (χ0n) is 12.9. The van der Waals surface area contributed by atoms with Gasteiger partial charge >= 0.3 is 0 Å². The Kier molecular flexibility index (Phi) is 5.83. The van der Waals surface area contributed by atoms with E-state index in [0.717, 1.165) is 24.3 Å². The normalized spacial score (nSPS) is 29.3. The van der Waals surface area contributed by atoms with Crippen LogP contribution in [0.5, 0.6) is 0 Å². The third-order valence-electron chi connectivity index (χ3n) is 5.28. The highest BCUT2D eigenvalue weighted by atomic mass is 15.1. The van der Waals surface area contributed by atoms with Gasteiger partial charge in [0.15, 0.2) is 0 Å². The fraction of sp³-hybridized carbons (Fsp3) is 0.938. The van der Waals surface area contributed by atoms with Crippen molar-refractivity contribution in [2.45, 2.75) is 32.6 Å². The third-order valence-corrected chi connectivity index (χ3v) is 5.28. The maximum absolute atomic E-state index is 4.53. The molecule has 19 heavy (non-hydrogen) atoms. The maximum Gasteiger partial charge on any atom is 0.0385 e. The lowest BCUT2D eigenvalue weighted by Crippen LogP contribution is -2.41. The van der Waals surface area contributed by atoms with Gasteiger partial charge in [0.2, 0.25) is 0 Å². The van der Waals surface area contributed by atoms with E-state index in [2.05, 4.69) is 42.4 Å². The molecule has 0 radical (unpaired) electrons. The Morgan fingerprint density at radius 3 is 2.63 bits per heavy atom. The van der Waals surface area contributed by atoms with Gasteiger partial charge in [-0.15, -0.1) is 0 Å². The molecule has 3 atom stereocenters. The number of nitrogens with zero attached hydrogens (tertiary/aromatic N) is 2. The molecule has 3 unspecified atom stereocenters. The van der Waals surface area contributed by atoms with Gasteiger partial charge in [-0.3, -0.25) is 4.99 Å². The van der Waals surface area contributed by atoms with Gasteiger partial charge in [0.1, 0.15) is 0 Å². The summed E-state index contributed by atoms with van der Waals surface area (Å²) < 4.78 is 0. The molecule has 3 heteroatoms. The molecule has 0 aliphatic carbocycles. The Balaban J connectivity index is 1.97. The van der Waals surface area contributed by atoms with Crippen LogP contribution in [0.15, 0.2) is 4.99 Å². The molecule has 0 spiro atoms. The fourth-order valence-corrected chi connectivity index (χ4v) is 3.89. The van der Waals surface area contributed by atoms with Crippen molar-refractivity contribution in [3.63, 3.8) is 0 Å². The SMILES string of the molecule is CNCC(C1CCN(C)CC1)C(C)C1C=NCCC1. The summed E-state index contributed by atoms with van der Waals surface area (Å²) in [5.74, 6) is 3.19. The van der Waals surface area contributed by atoms with Gasteiger partial charge in [-0.25, -0.2) is 0 Å². The third kappa shape index (κ3) is 4.03. The van der Waals surface area contributed by atoms with Gasteiger partial charge < -0.3 is 10.2 Å². The molecule has 110 valence electrons. The number of hydrogen-bond donors (Lipinski definition) is 1. The molecular weight excluding hydrogens is 234 g/mol. The number of nitrogens with one attached hydrogen (secondary N) is 1. The summed E-state index contributed by atoms with van der Waals surface area (Å²) in [5, 5.41) is 3.44. The van der Waals surface area contributed by atoms with Crippen LogP contribution >= 0.6 is 0 Å². The van der Waals surface area contributed by atoms with E-state index in [0.29, 0.717) is 5.92 Å². The van der Waals surface area contributed by atoms with Gasteiger partial charge in [0.05, 0.1) is 0 Å². The topological polar surface area (TPSA) is 27.6 Å². The average Bonchev–Trinajstić information content (AvgIpc) is 2.46. The molecule has 0 aromatic rings. The second-order valence-electron chi connectivity index (χ2n) is 6.58. The first-order valence-electron chi connectivity index (χ1n) is 8.05. The van der Waals surface area contributed by atoms with Crippen molar-refractivity contribution in [3.05, 3.63) is 0 Å². The van der Waals surface area contributed by atoms with Gasteiger partial charge in [-0.2, -0.15) is 0 Å². The standard InChI is InChI=1S/C16H31N3/c1-13(15-5-4-8-18-11-15)16(12-17-2)14-6-9-19(3)10-7-14/h11,13-17H,4-10,12H2,1-3H3. The molecule has 1 fully saturated rings. The van der Waals surface area contributed by atoms with Crippen molar-refractivity contribution < 1.29 is 0 Å². The van der Waals surface area contributed by atoms with Crippen molar-refractivity contribution in [3.8, 4) is 0 Å². The molecule has 2 aliphatic rings. The van der Waals surface area contributed by atoms with Crippen molar-refractivity contribution in [1.29, 1.82) is 0 Å². The summed E-state index contributed by atoms with van der Waals surface area (Å²) in [6.45, 7) is 7.23. The zero-order chi connectivity index (χ0) is 13.7. The van der Waals surface area contributed by atoms with E-state index in [1.807, 2.05) is 0 Å². The van der Waals surface area contributed by atoms with Gasteiger partial charge in [-0.05, 0) is 83.1 Å². The Morgan fingerprint density at radius 1 is 1.32 bits per heavy atom. The average molecular weight is 265 g/mol. The number of rotatable bonds is 5. The molecular formula is C16H31N3. The molecule has 0 bridgehead atoms. The molecule has 2 aliphatic heterocycles. The van der Waals surface area contributed by atoms with Crippen LogP contribution in [0.3, 0.4) is 0 Å². The molecule has 2 rings (SSSR count). The molecule has 1 saturated heterocycles. The highest BCUT2D eigenvalue weighted by Crippen LogP contribution is 2.35. The van der Waals surface area contributed by atoms with E-state index in [1.165, 1.54) is 45.3 Å². The predicted molar refractivity (Wildman–Crippen MR) is 82.9 cm³/mol. The number of aliphatic imine (C=N–C) groups is 1. The largest absolute Gasteiger partial charge is 0.319 e. The van der Waals surface area contributed by atoms with E-state index in [-0.39, 0.29) is 0 Å². The minimum absolute atomic E-state index is 0.715. The quantitative estimate of drug-likeness (QED) is 0.826. The minimum atomic E-state index is 0.715. The lowest BCUT2D eigenvalue weighted by molar-refractivity contribution is 0.122. The molecule has 3 nitrogen and oxygen atoms in total. The van der Waals surface area contributed by atoms with Crippen LogP contribution in [0.25, 0.3) is 0 Å². The molecule has 2 heterocycles. The van der Waals surface area contributed by atoms with Gasteiger partial charge in [0, 0.05) is 12.8 Å². The highest BCUT2D eigenvalue weighted by molar-refractivity contribution is 5.61. The van der Waals surface area contributed by atoms with E-state index in [4.69, 9.17) is 0 Å². The Hall–Kier alpha value is -0.410. The highest BCUT2D eigenvalue weighted by Gasteiger charge is 2.32. The van der Waals surface area contributed by atoms with Crippen LogP contribution in [0.4, 0.5) is 0 Å². The number of piperidine rings is 1. The molecule has 0 amide bonds. The zero-order valence-corrected chi connectivity index (χ0v) is 12.9. The predicted octanol–water partition coefficient (Wildman–Crippen LogP) is 2.28. The van der Waals surface area contributed by atoms with E-state index in [1.54, 1.807) is 0 Å². The summed E-state index contributed by atoms with van der Waals surface area (Å²) in [5.41, 5.74) is 0. The van der Waals surface area contributed by atoms with Crippen molar-refractivity contribution in [1.82, 2.24) is 10.2 Å². The molecule has 0 aromatic heterocycles. The van der Waals surface area contributed by atoms with E-state index >= 15 is 0 Å². The molecule has 0 saturated carbocycles. The van der Waals surface area contributed by atoms with E-state index < -0.39 is 0 Å². The fourth-order valence-electron chi connectivity index (χ4n) is 3.89. The lowest BCUT2D eigenvalue weighted by Gasteiger charge is -2.39.